The molecule has 3 N–H and O–H groups in total. The lowest BCUT2D eigenvalue weighted by atomic mass is 9.89. The van der Waals surface area contributed by atoms with E-state index in [4.69, 9.17) is 11.1 Å². The Hall–Kier alpha value is -1.41. The number of nitrogens with two attached hydrogens (primary N) is 1. The highest BCUT2D eigenvalue weighted by Gasteiger charge is 2.17. The van der Waals surface area contributed by atoms with Gasteiger partial charge in [0.25, 0.3) is 0 Å². The molecular weight excluding hydrogens is 168 g/mol. The summed E-state index contributed by atoms with van der Waals surface area (Å²) in [7, 11) is 0. The van der Waals surface area contributed by atoms with Crippen molar-refractivity contribution in [1.29, 1.82) is 5.26 Å². The minimum atomic E-state index is -0.534. The predicted molar refractivity (Wildman–Crippen MR) is 47.7 cm³/mol. The Morgan fingerprint density at radius 2 is 2.54 bits per heavy atom. The standard InChI is InChI=1S/C8H12N4O/c9-5-6-2-1-3-7(4-6)11-8(13)12-10/h6H,1-4,10H2,(H,12,13)/b11-7-. The molecule has 0 aromatic rings. The average Bonchev–Trinajstić information content (AvgIpc) is 2.18. The molecule has 0 aromatic heterocycles. The maximum Gasteiger partial charge on any atom is 0.354 e. The van der Waals surface area contributed by atoms with Crippen molar-refractivity contribution < 1.29 is 4.79 Å². The molecule has 0 bridgehead atoms. The molecule has 0 spiro atoms. The van der Waals surface area contributed by atoms with Crippen LogP contribution in [0, 0.1) is 17.2 Å². The third kappa shape index (κ3) is 2.84. The zero-order chi connectivity index (χ0) is 9.68. The SMILES string of the molecule is N#CC1CCC/C(=N/C(=O)NN)C1. The summed E-state index contributed by atoms with van der Waals surface area (Å²) in [5.41, 5.74) is 2.71. The fourth-order valence-electron chi connectivity index (χ4n) is 1.43. The molecule has 5 heteroatoms. The van der Waals surface area contributed by atoms with Crippen molar-refractivity contribution >= 4 is 11.7 Å². The van der Waals surface area contributed by atoms with Gasteiger partial charge in [-0.2, -0.15) is 5.26 Å². The molecule has 1 aliphatic rings. The van der Waals surface area contributed by atoms with Crippen LogP contribution in [-0.2, 0) is 0 Å². The molecule has 0 radical (unpaired) electrons. The van der Waals surface area contributed by atoms with E-state index in [0.29, 0.717) is 6.42 Å². The van der Waals surface area contributed by atoms with E-state index in [2.05, 4.69) is 11.1 Å². The summed E-state index contributed by atoms with van der Waals surface area (Å²) < 4.78 is 0. The largest absolute Gasteiger partial charge is 0.354 e. The van der Waals surface area contributed by atoms with Gasteiger partial charge in [0, 0.05) is 12.1 Å². The van der Waals surface area contributed by atoms with Crippen molar-refractivity contribution in [2.24, 2.45) is 16.8 Å². The van der Waals surface area contributed by atoms with Crippen LogP contribution >= 0.6 is 0 Å². The van der Waals surface area contributed by atoms with Crippen LogP contribution in [0.2, 0.25) is 0 Å². The molecule has 1 rings (SSSR count). The zero-order valence-corrected chi connectivity index (χ0v) is 7.29. The Bertz CT molecular complexity index is 266. The van der Waals surface area contributed by atoms with E-state index in [9.17, 15) is 4.79 Å². The molecule has 1 fully saturated rings. The van der Waals surface area contributed by atoms with Crippen LogP contribution in [0.3, 0.4) is 0 Å². The number of carbonyl (C=O) groups excluding carboxylic acids is 1. The predicted octanol–water partition coefficient (Wildman–Crippen LogP) is 0.724. The van der Waals surface area contributed by atoms with Gasteiger partial charge in [-0.05, 0) is 19.3 Å². The first-order chi connectivity index (χ1) is 6.26. The maximum atomic E-state index is 10.8. The van der Waals surface area contributed by atoms with E-state index >= 15 is 0 Å². The molecule has 1 saturated carbocycles. The Labute approximate surface area is 76.6 Å². The lowest BCUT2D eigenvalue weighted by molar-refractivity contribution is 0.249. The third-order valence-corrected chi connectivity index (χ3v) is 2.07. The van der Waals surface area contributed by atoms with Crippen molar-refractivity contribution in [3.8, 4) is 6.07 Å². The lowest BCUT2D eigenvalue weighted by Crippen LogP contribution is -2.28. The van der Waals surface area contributed by atoms with Crippen LogP contribution in [0.4, 0.5) is 4.79 Å². The van der Waals surface area contributed by atoms with Gasteiger partial charge < -0.3 is 0 Å². The summed E-state index contributed by atoms with van der Waals surface area (Å²) in [6, 6.07) is 1.65. The first kappa shape index (κ1) is 9.68. The molecule has 0 aliphatic heterocycles. The molecule has 2 amide bonds. The quantitative estimate of drug-likeness (QED) is 0.327. The molecule has 1 atom stereocenters. The monoisotopic (exact) mass is 180 g/mol. The number of rotatable bonds is 0. The second-order valence-corrected chi connectivity index (χ2v) is 3.05. The number of nitriles is 1. The highest BCUT2D eigenvalue weighted by Crippen LogP contribution is 2.21. The Morgan fingerprint density at radius 3 is 3.15 bits per heavy atom. The molecule has 0 aromatic carbocycles. The van der Waals surface area contributed by atoms with Gasteiger partial charge in [-0.3, -0.25) is 5.43 Å². The topological polar surface area (TPSA) is 91.3 Å². The summed E-state index contributed by atoms with van der Waals surface area (Å²) in [5.74, 6) is 4.90. The van der Waals surface area contributed by atoms with Crippen molar-refractivity contribution in [3.63, 3.8) is 0 Å². The van der Waals surface area contributed by atoms with Crippen LogP contribution in [-0.4, -0.2) is 11.7 Å². The van der Waals surface area contributed by atoms with Crippen LogP contribution in [0.5, 0.6) is 0 Å². The molecule has 0 heterocycles. The van der Waals surface area contributed by atoms with Gasteiger partial charge in [0.15, 0.2) is 0 Å². The van der Waals surface area contributed by atoms with Crippen LogP contribution < -0.4 is 11.3 Å². The van der Waals surface area contributed by atoms with E-state index in [1.807, 2.05) is 5.43 Å². The van der Waals surface area contributed by atoms with Crippen LogP contribution in [0.1, 0.15) is 25.7 Å². The summed E-state index contributed by atoms with van der Waals surface area (Å²) in [6.07, 6.45) is 3.23. The first-order valence-electron chi connectivity index (χ1n) is 4.23. The molecule has 13 heavy (non-hydrogen) atoms. The smallest absolute Gasteiger partial charge is 0.274 e. The minimum Gasteiger partial charge on any atom is -0.274 e. The van der Waals surface area contributed by atoms with Crippen molar-refractivity contribution in [2.75, 3.05) is 0 Å². The number of nitrogens with one attached hydrogen (secondary N) is 1. The number of hydrogen-bond acceptors (Lipinski definition) is 3. The molecule has 5 nitrogen and oxygen atoms in total. The summed E-state index contributed by atoms with van der Waals surface area (Å²) >= 11 is 0. The highest BCUT2D eigenvalue weighted by atomic mass is 16.2. The maximum absolute atomic E-state index is 10.8. The van der Waals surface area contributed by atoms with Gasteiger partial charge in [0.05, 0.1) is 12.0 Å². The fraction of sp³-hybridized carbons (Fsp3) is 0.625. The normalized spacial score (nSPS) is 25.2. The lowest BCUT2D eigenvalue weighted by Gasteiger charge is -2.16. The van der Waals surface area contributed by atoms with E-state index in [1.54, 1.807) is 0 Å². The van der Waals surface area contributed by atoms with Crippen molar-refractivity contribution in [2.45, 2.75) is 25.7 Å². The first-order valence-corrected chi connectivity index (χ1v) is 4.23. The van der Waals surface area contributed by atoms with Crippen molar-refractivity contribution in [3.05, 3.63) is 0 Å². The minimum absolute atomic E-state index is 0.0121. The Balaban J connectivity index is 2.56. The molecule has 0 saturated heterocycles. The van der Waals surface area contributed by atoms with Crippen LogP contribution in [0.25, 0.3) is 0 Å². The second-order valence-electron chi connectivity index (χ2n) is 3.05. The van der Waals surface area contributed by atoms with E-state index < -0.39 is 6.03 Å². The Kier molecular flexibility index (Phi) is 3.41. The number of hydrazine groups is 1. The number of amides is 2. The van der Waals surface area contributed by atoms with Gasteiger partial charge in [-0.15, -0.1) is 0 Å². The number of urea groups is 1. The van der Waals surface area contributed by atoms with Gasteiger partial charge in [-0.1, -0.05) is 0 Å². The summed E-state index contributed by atoms with van der Waals surface area (Å²) in [5, 5.41) is 8.67. The second kappa shape index (κ2) is 4.58. The Morgan fingerprint density at radius 1 is 1.77 bits per heavy atom. The molecule has 1 aliphatic carbocycles. The van der Waals surface area contributed by atoms with Gasteiger partial charge in [0.2, 0.25) is 0 Å². The van der Waals surface area contributed by atoms with Gasteiger partial charge >= 0.3 is 6.03 Å². The number of aliphatic imine (C=N–C) groups is 1. The number of carbonyl (C=O) groups is 1. The van der Waals surface area contributed by atoms with Crippen LogP contribution in [0.15, 0.2) is 4.99 Å². The van der Waals surface area contributed by atoms with Gasteiger partial charge in [0.1, 0.15) is 0 Å². The highest BCUT2D eigenvalue weighted by molar-refractivity contribution is 5.95. The van der Waals surface area contributed by atoms with E-state index in [0.717, 1.165) is 25.0 Å². The van der Waals surface area contributed by atoms with Crippen molar-refractivity contribution in [1.82, 2.24) is 5.43 Å². The van der Waals surface area contributed by atoms with E-state index in [-0.39, 0.29) is 5.92 Å². The summed E-state index contributed by atoms with van der Waals surface area (Å²) in [6.45, 7) is 0. The third-order valence-electron chi connectivity index (χ3n) is 2.07. The fourth-order valence-corrected chi connectivity index (χ4v) is 1.43. The number of hydrogen-bond donors (Lipinski definition) is 2. The molecule has 70 valence electrons. The molecular formula is C8H12N4O. The average molecular weight is 180 g/mol. The zero-order valence-electron chi connectivity index (χ0n) is 7.29. The van der Waals surface area contributed by atoms with E-state index in [1.165, 1.54) is 0 Å². The summed E-state index contributed by atoms with van der Waals surface area (Å²) in [4.78, 5) is 14.5. The molecule has 1 unspecified atom stereocenters. The number of nitrogens with zero attached hydrogens (tertiary/aromatic N) is 2. The van der Waals surface area contributed by atoms with Gasteiger partial charge in [-0.25, -0.2) is 15.6 Å².